The van der Waals surface area contributed by atoms with Gasteiger partial charge in [-0.05, 0) is 0 Å². The molecule has 0 atom stereocenters. The van der Waals surface area contributed by atoms with Crippen LogP contribution in [0.2, 0.25) is 0 Å². The summed E-state index contributed by atoms with van der Waals surface area (Å²) in [6.07, 6.45) is 0. The Hall–Kier alpha value is -0.290. The van der Waals surface area contributed by atoms with Gasteiger partial charge in [0.2, 0.25) is 0 Å². The monoisotopic (exact) mass is 292 g/mol. The van der Waals surface area contributed by atoms with Crippen LogP contribution in [0.25, 0.3) is 0 Å². The van der Waals surface area contributed by atoms with E-state index in [1.165, 1.54) is 7.23 Å². The summed E-state index contributed by atoms with van der Waals surface area (Å²) < 4.78 is 7.99. The van der Waals surface area contributed by atoms with Crippen LogP contribution >= 0.6 is 0 Å². The van der Waals surface area contributed by atoms with E-state index in [1.807, 2.05) is 13.0 Å². The van der Waals surface area contributed by atoms with Gasteiger partial charge in [0.05, 0.1) is 0 Å². The van der Waals surface area contributed by atoms with E-state index in [4.69, 9.17) is 4.74 Å². The fourth-order valence-electron chi connectivity index (χ4n) is 0.901. The molecule has 1 aromatic rings. The summed E-state index contributed by atoms with van der Waals surface area (Å²) >= 11 is -0.247. The molecule has 0 aliphatic rings. The van der Waals surface area contributed by atoms with E-state index >= 15 is 0 Å². The Morgan fingerprint density at radius 1 is 1.38 bits per heavy atom. The Bertz CT molecular complexity index is 256. The second-order valence-corrected chi connectivity index (χ2v) is 6.17. The van der Waals surface area contributed by atoms with Crippen LogP contribution in [-0.2, 0) is 4.74 Å². The Morgan fingerprint density at radius 3 is 2.69 bits per heavy atom. The first-order valence-electron chi connectivity index (χ1n) is 4.31. The number of ether oxygens (including phenoxy) is 1. The van der Waals surface area contributed by atoms with Gasteiger partial charge in [0, 0.05) is 0 Å². The number of rotatable bonds is 5. The molecule has 0 aromatic heterocycles. The van der Waals surface area contributed by atoms with Crippen molar-refractivity contribution in [3.63, 3.8) is 0 Å². The van der Waals surface area contributed by atoms with E-state index in [0.29, 0.717) is 0 Å². The van der Waals surface area contributed by atoms with E-state index < -0.39 is 0 Å². The molecule has 0 aliphatic heterocycles. The molecule has 70 valence electrons. The average Bonchev–Trinajstić information content (AvgIpc) is 2.16. The van der Waals surface area contributed by atoms with Crippen LogP contribution in [0.5, 0.6) is 0 Å². The second kappa shape index (κ2) is 6.21. The maximum absolute atomic E-state index is 5.30. The minimum atomic E-state index is -0.247. The molecule has 0 heterocycles. The Morgan fingerprint density at radius 2 is 2.08 bits per heavy atom. The fourth-order valence-corrected chi connectivity index (χ4v) is 3.09. The molecule has 0 amide bonds. The molecule has 0 bridgehead atoms. The van der Waals surface area contributed by atoms with Gasteiger partial charge < -0.3 is 0 Å². The van der Waals surface area contributed by atoms with Crippen LogP contribution in [-0.4, -0.2) is 34.1 Å². The van der Waals surface area contributed by atoms with Gasteiger partial charge in [-0.15, -0.1) is 0 Å². The molecule has 0 N–H and O–H groups in total. The summed E-state index contributed by atoms with van der Waals surface area (Å²) in [7, 11) is 0. The summed E-state index contributed by atoms with van der Waals surface area (Å²) in [5.41, 5.74) is 0. The summed E-state index contributed by atoms with van der Waals surface area (Å²) in [5, 5.41) is 0. The fraction of sp³-hybridized carbons (Fsp3) is 0.273. The molecular weight excluding hydrogens is 276 g/mol. The molecular formula is C11H14OTe. The van der Waals surface area contributed by atoms with Crippen LogP contribution in [0, 0.1) is 0 Å². The Balaban J connectivity index is 2.37. The summed E-state index contributed by atoms with van der Waals surface area (Å²) in [6, 6.07) is 10.5. The van der Waals surface area contributed by atoms with Crippen molar-refractivity contribution < 1.29 is 4.74 Å². The van der Waals surface area contributed by atoms with E-state index in [-0.39, 0.29) is 20.9 Å². The molecule has 0 radical (unpaired) electrons. The third-order valence-corrected chi connectivity index (χ3v) is 4.08. The molecule has 1 nitrogen and oxygen atoms in total. The molecule has 1 rings (SSSR count). The maximum atomic E-state index is 5.30. The van der Waals surface area contributed by atoms with Crippen molar-refractivity contribution >= 4 is 24.5 Å². The van der Waals surface area contributed by atoms with Gasteiger partial charge in [-0.3, -0.25) is 0 Å². The first kappa shape index (κ1) is 10.8. The molecule has 13 heavy (non-hydrogen) atoms. The van der Waals surface area contributed by atoms with Crippen molar-refractivity contribution in [2.75, 3.05) is 13.2 Å². The molecule has 0 saturated heterocycles. The first-order chi connectivity index (χ1) is 6.33. The van der Waals surface area contributed by atoms with Crippen molar-refractivity contribution in [1.82, 2.24) is 0 Å². The summed E-state index contributed by atoms with van der Waals surface area (Å²) in [4.78, 5) is 0. The van der Waals surface area contributed by atoms with Gasteiger partial charge in [-0.2, -0.15) is 0 Å². The van der Waals surface area contributed by atoms with E-state index in [9.17, 15) is 0 Å². The number of benzene rings is 1. The molecule has 0 fully saturated rings. The topological polar surface area (TPSA) is 9.23 Å². The normalized spacial score (nSPS) is 9.92. The third kappa shape index (κ3) is 4.47. The number of hydrogen-bond acceptors (Lipinski definition) is 1. The van der Waals surface area contributed by atoms with Crippen LogP contribution in [0.4, 0.5) is 0 Å². The van der Waals surface area contributed by atoms with Crippen LogP contribution in [0.1, 0.15) is 6.92 Å². The zero-order valence-electron chi connectivity index (χ0n) is 7.82. The standard InChI is InChI=1S/C11H14OTe/c1-3-12-9-10(2)13-11-7-5-4-6-8-11/h4-8H,2-3,9H2,1H3. The van der Waals surface area contributed by atoms with Crippen LogP contribution in [0.15, 0.2) is 40.5 Å². The molecule has 0 spiro atoms. The van der Waals surface area contributed by atoms with E-state index in [2.05, 4.69) is 30.8 Å². The van der Waals surface area contributed by atoms with Crippen molar-refractivity contribution in [2.24, 2.45) is 0 Å². The van der Waals surface area contributed by atoms with Gasteiger partial charge in [0.1, 0.15) is 0 Å². The zero-order chi connectivity index (χ0) is 9.52. The minimum absolute atomic E-state index is 0.247. The summed E-state index contributed by atoms with van der Waals surface area (Å²) in [6.45, 7) is 7.54. The SMILES string of the molecule is C=C(COCC)[Te]c1ccccc1. The third-order valence-electron chi connectivity index (χ3n) is 1.47. The van der Waals surface area contributed by atoms with Gasteiger partial charge in [0.25, 0.3) is 0 Å². The zero-order valence-corrected chi connectivity index (χ0v) is 10.2. The van der Waals surface area contributed by atoms with Crippen molar-refractivity contribution in [1.29, 1.82) is 0 Å². The predicted molar refractivity (Wildman–Crippen MR) is 57.5 cm³/mol. The Labute approximate surface area is 89.9 Å². The van der Waals surface area contributed by atoms with Crippen LogP contribution in [0.3, 0.4) is 0 Å². The molecule has 2 heteroatoms. The van der Waals surface area contributed by atoms with Gasteiger partial charge in [-0.25, -0.2) is 0 Å². The van der Waals surface area contributed by atoms with E-state index in [1.54, 1.807) is 0 Å². The van der Waals surface area contributed by atoms with Gasteiger partial charge >= 0.3 is 89.9 Å². The van der Waals surface area contributed by atoms with Crippen molar-refractivity contribution in [2.45, 2.75) is 6.92 Å². The molecule has 0 saturated carbocycles. The number of hydrogen-bond donors (Lipinski definition) is 0. The van der Waals surface area contributed by atoms with Gasteiger partial charge in [0.15, 0.2) is 0 Å². The van der Waals surface area contributed by atoms with E-state index in [0.717, 1.165) is 13.2 Å². The van der Waals surface area contributed by atoms with Gasteiger partial charge in [-0.1, -0.05) is 0 Å². The molecule has 1 aromatic carbocycles. The molecule has 0 aliphatic carbocycles. The van der Waals surface area contributed by atoms with Crippen molar-refractivity contribution in [3.05, 3.63) is 40.5 Å². The predicted octanol–water partition coefficient (Wildman–Crippen LogP) is 1.57. The first-order valence-corrected chi connectivity index (χ1v) is 6.64. The quantitative estimate of drug-likeness (QED) is 0.748. The Kier molecular flexibility index (Phi) is 5.15. The molecule has 0 unspecified atom stereocenters. The average molecular weight is 290 g/mol. The van der Waals surface area contributed by atoms with Crippen LogP contribution < -0.4 is 3.61 Å². The van der Waals surface area contributed by atoms with Crippen molar-refractivity contribution in [3.8, 4) is 0 Å². The second-order valence-electron chi connectivity index (χ2n) is 2.59. The summed E-state index contributed by atoms with van der Waals surface area (Å²) in [5.74, 6) is 0.